The monoisotopic (exact) mass is 971 g/mol. The molecule has 3 aliphatic heterocycles. The number of unbranched alkanes of at least 4 members (excludes halogenated alkanes) is 12. The van der Waals surface area contributed by atoms with Crippen LogP contribution in [0.2, 0.25) is 0 Å². The highest BCUT2D eigenvalue weighted by Gasteiger charge is 2.74. The largest absolute Gasteiger partial charge is 0.479 e. The second-order valence-corrected chi connectivity index (χ2v) is 19.2. The third kappa shape index (κ3) is 15.1. The molecule has 0 unspecified atom stereocenters. The molecular weight excluding hydrogens is 888 g/mol. The van der Waals surface area contributed by atoms with Crippen LogP contribution in [-0.2, 0) is 33.3 Å². The lowest BCUT2D eigenvalue weighted by atomic mass is 9.65. The predicted molar refractivity (Wildman–Crippen MR) is 235 cm³/mol. The van der Waals surface area contributed by atoms with Gasteiger partial charge in [0.05, 0.1) is 31.5 Å². The first-order valence-electron chi connectivity index (χ1n) is 24.3. The first-order valence-corrected chi connectivity index (χ1v) is 24.3. The Bertz CT molecular complexity index is 1490. The molecule has 3 saturated heterocycles. The second kappa shape index (κ2) is 27.7. The summed E-state index contributed by atoms with van der Waals surface area (Å²) in [4.78, 5) is 35.7. The van der Waals surface area contributed by atoms with Crippen molar-refractivity contribution in [2.45, 2.75) is 258 Å². The molecule has 0 aliphatic carbocycles. The van der Waals surface area contributed by atoms with Gasteiger partial charge in [0.25, 0.3) is 0 Å². The smallest absolute Gasteiger partial charge is 0.332 e. The van der Waals surface area contributed by atoms with Crippen molar-refractivity contribution in [2.24, 2.45) is 0 Å². The van der Waals surface area contributed by atoms with Crippen molar-refractivity contribution in [1.82, 2.24) is 0 Å². The maximum atomic E-state index is 12.9. The average Bonchev–Trinajstić information content (AvgIpc) is 3.28. The van der Waals surface area contributed by atoms with Crippen molar-refractivity contribution >= 4 is 17.5 Å². The van der Waals surface area contributed by atoms with E-state index >= 15 is 0 Å². The molecule has 3 heterocycles. The summed E-state index contributed by atoms with van der Waals surface area (Å²) in [5, 5.41) is 154. The van der Waals surface area contributed by atoms with E-state index in [2.05, 4.69) is 0 Å². The molecule has 67 heavy (non-hydrogen) atoms. The van der Waals surface area contributed by atoms with Crippen LogP contribution >= 0.6 is 0 Å². The van der Waals surface area contributed by atoms with Gasteiger partial charge in [-0.05, 0) is 52.4 Å². The maximum absolute atomic E-state index is 12.9. The summed E-state index contributed by atoms with van der Waals surface area (Å²) in [6.45, 7) is 1.92. The average molecular weight is 971 g/mol. The van der Waals surface area contributed by atoms with E-state index in [-0.39, 0.29) is 25.7 Å². The molecule has 0 saturated carbocycles. The molecule has 18 atom stereocenters. The Morgan fingerprint density at radius 2 is 1.15 bits per heavy atom. The van der Waals surface area contributed by atoms with E-state index in [0.29, 0.717) is 32.1 Å². The number of carbonyl (C=O) groups excluding carboxylic acids is 2. The Hall–Kier alpha value is -1.87. The molecule has 0 bridgehead atoms. The Kier molecular flexibility index (Phi) is 24.5. The zero-order valence-electron chi connectivity index (χ0n) is 39.3. The lowest BCUT2D eigenvalue weighted by Crippen LogP contribution is -2.85. The second-order valence-electron chi connectivity index (χ2n) is 19.2. The van der Waals surface area contributed by atoms with Crippen LogP contribution in [0.4, 0.5) is 0 Å². The van der Waals surface area contributed by atoms with Gasteiger partial charge in [-0.1, -0.05) is 96.8 Å². The minimum atomic E-state index is -3.37. The number of Topliss-reactive ketones (excluding diaryl/α,β-unsaturated/α-hetero) is 2. The molecule has 3 aliphatic rings. The number of rotatable bonds is 31. The van der Waals surface area contributed by atoms with Crippen LogP contribution in [-0.4, -0.2) is 211 Å². The van der Waals surface area contributed by atoms with Crippen molar-refractivity contribution < 1.29 is 105 Å². The highest BCUT2D eigenvalue weighted by molar-refractivity contribution is 5.86. The van der Waals surface area contributed by atoms with Crippen LogP contribution in [0.5, 0.6) is 0 Å². The van der Waals surface area contributed by atoms with E-state index in [9.17, 15) is 80.8 Å². The van der Waals surface area contributed by atoms with Gasteiger partial charge < -0.3 is 90.4 Å². The molecule has 14 N–H and O–H groups in total. The standard InChI is InChI=1S/C46H82O21/c1-4-5-15-19-28(20-18-23-30(50)29(49)21-16-13-11-9-7-6-8-10-12-14-17-22-31(51)40(58)59)66-43-46(63,41(60)44(61,25-65-43)27(3)48)42-45(62,38(57)32(52)24-64-42)39-36(56)34(54)35(55)37(67-39)33(53)26(2)47/h28-39,41-43,49-57,60-63H,4-25H2,1-3H3,(H,58,59)/t28-,29-,30+,31+,32-,33+,34+,35+,36-,37-,38+,39-,41+,42-,43+,44+,45+,46+/m1/s1. The minimum Gasteiger partial charge on any atom is -0.479 e. The third-order valence-corrected chi connectivity index (χ3v) is 14.0. The SMILES string of the molecule is CCCCC[C@H](CCC[C@H](O)[C@H](O)CCCCCCCCCCCCC[C@H](O)C(=O)O)O[C@@H]1OC[C@](O)(C(C)=O)[C@H](O)[C@]1(O)[C@@H]1OC[C@@H](O)[C@H](O)[C@]1(O)[C@@H]1O[C@H]([C@@H](O)C(C)=O)[C@@H](O)[C@H](O)[C@H]1O. The fraction of sp³-hybridized carbons (Fsp3) is 0.935. The Morgan fingerprint density at radius 3 is 1.67 bits per heavy atom. The number of aliphatic hydroxyl groups excluding tert-OH is 10. The number of ketones is 2. The zero-order valence-corrected chi connectivity index (χ0v) is 39.3. The Labute approximate surface area is 392 Å². The maximum Gasteiger partial charge on any atom is 0.332 e. The summed E-state index contributed by atoms with van der Waals surface area (Å²) < 4.78 is 23.4. The summed E-state index contributed by atoms with van der Waals surface area (Å²) in [5.74, 6) is -3.28. The number of ether oxygens (including phenoxy) is 4. The van der Waals surface area contributed by atoms with E-state index in [0.717, 1.165) is 84.5 Å². The molecule has 3 rings (SSSR count). The lowest BCUT2D eigenvalue weighted by Gasteiger charge is -2.60. The number of aliphatic hydroxyl groups is 13. The molecule has 392 valence electrons. The quantitative estimate of drug-likeness (QED) is 0.0362. The molecule has 0 spiro atoms. The van der Waals surface area contributed by atoms with Crippen molar-refractivity contribution in [1.29, 1.82) is 0 Å². The third-order valence-electron chi connectivity index (χ3n) is 14.0. The van der Waals surface area contributed by atoms with Gasteiger partial charge in [0.2, 0.25) is 0 Å². The van der Waals surface area contributed by atoms with Crippen LogP contribution in [0.1, 0.15) is 149 Å². The molecule has 0 radical (unpaired) electrons. The molecule has 0 amide bonds. The van der Waals surface area contributed by atoms with E-state index in [1.54, 1.807) is 0 Å². The highest BCUT2D eigenvalue weighted by atomic mass is 16.7. The summed E-state index contributed by atoms with van der Waals surface area (Å²) in [7, 11) is 0. The molecule has 3 fully saturated rings. The molecule has 21 nitrogen and oxygen atoms in total. The molecule has 0 aromatic rings. The number of carboxylic acids is 1. The summed E-state index contributed by atoms with van der Waals surface area (Å²) in [6, 6.07) is 0. The van der Waals surface area contributed by atoms with E-state index < -0.39 is 139 Å². The van der Waals surface area contributed by atoms with Gasteiger partial charge in [-0.25, -0.2) is 4.79 Å². The summed E-state index contributed by atoms with van der Waals surface area (Å²) in [6.07, 6.45) is -15.4. The molecule has 0 aromatic heterocycles. The van der Waals surface area contributed by atoms with Gasteiger partial charge in [0.1, 0.15) is 61.0 Å². The van der Waals surface area contributed by atoms with Crippen LogP contribution in [0.3, 0.4) is 0 Å². The topological polar surface area (TPSA) is 371 Å². The fourth-order valence-electron chi connectivity index (χ4n) is 9.54. The normalized spacial score (nSPS) is 35.9. The number of hydrogen-bond acceptors (Lipinski definition) is 20. The number of carboxylic acid groups (broad SMARTS) is 1. The van der Waals surface area contributed by atoms with Gasteiger partial charge in [-0.15, -0.1) is 0 Å². The van der Waals surface area contributed by atoms with Crippen LogP contribution in [0, 0.1) is 0 Å². The Balaban J connectivity index is 1.70. The van der Waals surface area contributed by atoms with Gasteiger partial charge in [-0.2, -0.15) is 0 Å². The van der Waals surface area contributed by atoms with Crippen molar-refractivity contribution in [3.8, 4) is 0 Å². The van der Waals surface area contributed by atoms with Gasteiger partial charge >= 0.3 is 5.97 Å². The lowest BCUT2D eigenvalue weighted by molar-refractivity contribution is -0.409. The molecular formula is C46H82O21. The van der Waals surface area contributed by atoms with Crippen LogP contribution in [0.25, 0.3) is 0 Å². The highest BCUT2D eigenvalue weighted by Crippen LogP contribution is 2.48. The van der Waals surface area contributed by atoms with Crippen LogP contribution in [0.15, 0.2) is 0 Å². The first kappa shape index (κ1) is 59.4. The fourth-order valence-corrected chi connectivity index (χ4v) is 9.54. The Morgan fingerprint density at radius 1 is 0.642 bits per heavy atom. The minimum absolute atomic E-state index is 0.144. The van der Waals surface area contributed by atoms with Crippen molar-refractivity contribution in [3.63, 3.8) is 0 Å². The van der Waals surface area contributed by atoms with E-state index in [4.69, 9.17) is 24.1 Å². The van der Waals surface area contributed by atoms with E-state index in [1.807, 2.05) is 6.92 Å². The molecule has 0 aromatic carbocycles. The summed E-state index contributed by atoms with van der Waals surface area (Å²) >= 11 is 0. The predicted octanol–water partition coefficient (Wildman–Crippen LogP) is -1.22. The first-order chi connectivity index (χ1) is 31.5. The number of hydrogen-bond donors (Lipinski definition) is 14. The van der Waals surface area contributed by atoms with Crippen LogP contribution < -0.4 is 0 Å². The zero-order chi connectivity index (χ0) is 50.3. The van der Waals surface area contributed by atoms with Crippen molar-refractivity contribution in [2.75, 3.05) is 13.2 Å². The van der Waals surface area contributed by atoms with Gasteiger partial charge in [0.15, 0.2) is 40.8 Å². The number of aliphatic carboxylic acids is 1. The van der Waals surface area contributed by atoms with Crippen molar-refractivity contribution in [3.05, 3.63) is 0 Å². The van der Waals surface area contributed by atoms with Gasteiger partial charge in [0, 0.05) is 0 Å². The van der Waals surface area contributed by atoms with E-state index in [1.165, 1.54) is 0 Å². The molecule has 21 heteroatoms. The summed E-state index contributed by atoms with van der Waals surface area (Å²) in [5.41, 5.74) is -9.59. The van der Waals surface area contributed by atoms with Gasteiger partial charge in [-0.3, -0.25) is 9.59 Å². The number of carbonyl (C=O) groups is 3.